The van der Waals surface area contributed by atoms with E-state index in [4.69, 9.17) is 4.52 Å². The van der Waals surface area contributed by atoms with Crippen molar-refractivity contribution in [3.63, 3.8) is 0 Å². The van der Waals surface area contributed by atoms with Crippen LogP contribution in [0.1, 0.15) is 24.3 Å². The molecule has 3 aromatic heterocycles. The van der Waals surface area contributed by atoms with E-state index in [1.165, 1.54) is 12.3 Å². The highest BCUT2D eigenvalue weighted by Gasteiger charge is 2.36. The number of aromatic amines is 1. The maximum Gasteiger partial charge on any atom is 0.419 e. The average Bonchev–Trinajstić information content (AvgIpc) is 3.30. The quantitative estimate of drug-likeness (QED) is 0.626. The Morgan fingerprint density at radius 3 is 2.82 bits per heavy atom. The van der Waals surface area contributed by atoms with Crippen LogP contribution in [0.15, 0.2) is 23.0 Å². The Balaban J connectivity index is 1.69. The van der Waals surface area contributed by atoms with Gasteiger partial charge in [0.2, 0.25) is 17.7 Å². The molecular weight excluding hydrogens is 375 g/mol. The zero-order valence-electron chi connectivity index (χ0n) is 15.0. The monoisotopic (exact) mass is 393 g/mol. The van der Waals surface area contributed by atoms with Gasteiger partial charge in [-0.2, -0.15) is 18.2 Å². The summed E-state index contributed by atoms with van der Waals surface area (Å²) in [4.78, 5) is 15.0. The smallest absolute Gasteiger partial charge is 0.358 e. The lowest BCUT2D eigenvalue weighted by Crippen LogP contribution is -2.38. The van der Waals surface area contributed by atoms with Crippen LogP contribution >= 0.6 is 0 Å². The van der Waals surface area contributed by atoms with Gasteiger partial charge in [-0.1, -0.05) is 5.16 Å². The highest BCUT2D eigenvalue weighted by molar-refractivity contribution is 5.69. The molecule has 1 aliphatic heterocycles. The molecule has 0 amide bonds. The highest BCUT2D eigenvalue weighted by atomic mass is 19.4. The summed E-state index contributed by atoms with van der Waals surface area (Å²) in [6, 6.07) is 1.58. The number of anilines is 1. The van der Waals surface area contributed by atoms with E-state index in [-0.39, 0.29) is 29.1 Å². The number of alkyl halides is 3. The lowest BCUT2D eigenvalue weighted by molar-refractivity contribution is -0.137. The van der Waals surface area contributed by atoms with E-state index < -0.39 is 11.7 Å². The van der Waals surface area contributed by atoms with E-state index in [1.54, 1.807) is 6.92 Å². The molecule has 11 heteroatoms. The summed E-state index contributed by atoms with van der Waals surface area (Å²) in [5.41, 5.74) is -0.423. The van der Waals surface area contributed by atoms with Crippen molar-refractivity contribution in [1.29, 1.82) is 0 Å². The normalized spacial score (nSPS) is 17.6. The molecule has 0 spiro atoms. The Kier molecular flexibility index (Phi) is 4.75. The number of nitrogens with zero attached hydrogens (tertiary/aromatic N) is 4. The number of piperidine rings is 1. The Hall–Kier alpha value is -2.95. The van der Waals surface area contributed by atoms with Crippen LogP contribution in [0, 0.1) is 6.92 Å². The standard InChI is InChI=1S/C17H18F3N7O/c1-9-24-15(27-28-9)13-5-10(6-22-13)14-12(17(18,19)20)8-23-16(26-14)25-11-3-2-4-21-7-11/h5-6,8,11,21-22H,2-4,7H2,1H3,(H,23,25,26). The number of aryl methyl sites for hydroxylation is 1. The van der Waals surface area contributed by atoms with E-state index in [0.717, 1.165) is 25.6 Å². The van der Waals surface area contributed by atoms with Crippen molar-refractivity contribution in [3.8, 4) is 22.8 Å². The summed E-state index contributed by atoms with van der Waals surface area (Å²) in [6.07, 6.45) is -0.453. The van der Waals surface area contributed by atoms with Gasteiger partial charge in [0.1, 0.15) is 5.56 Å². The molecule has 148 valence electrons. The van der Waals surface area contributed by atoms with Crippen molar-refractivity contribution < 1.29 is 17.7 Å². The Labute approximate surface area is 158 Å². The lowest BCUT2D eigenvalue weighted by Gasteiger charge is -2.24. The maximum atomic E-state index is 13.5. The summed E-state index contributed by atoms with van der Waals surface area (Å²) < 4.78 is 45.4. The molecule has 28 heavy (non-hydrogen) atoms. The fraction of sp³-hybridized carbons (Fsp3) is 0.412. The van der Waals surface area contributed by atoms with Crippen molar-refractivity contribution in [2.24, 2.45) is 0 Å². The molecule has 1 atom stereocenters. The van der Waals surface area contributed by atoms with Crippen LogP contribution in [-0.4, -0.2) is 44.2 Å². The Morgan fingerprint density at radius 2 is 2.14 bits per heavy atom. The van der Waals surface area contributed by atoms with Crippen LogP contribution in [0.3, 0.4) is 0 Å². The molecule has 3 N–H and O–H groups in total. The molecule has 3 aromatic rings. The molecule has 1 fully saturated rings. The van der Waals surface area contributed by atoms with Crippen LogP contribution in [0.25, 0.3) is 22.8 Å². The zero-order chi connectivity index (χ0) is 19.7. The van der Waals surface area contributed by atoms with E-state index in [0.29, 0.717) is 18.1 Å². The number of hydrogen-bond donors (Lipinski definition) is 3. The van der Waals surface area contributed by atoms with Crippen molar-refractivity contribution in [3.05, 3.63) is 29.9 Å². The van der Waals surface area contributed by atoms with E-state index in [1.807, 2.05) is 0 Å². The van der Waals surface area contributed by atoms with Gasteiger partial charge in [-0.15, -0.1) is 0 Å². The van der Waals surface area contributed by atoms with E-state index >= 15 is 0 Å². The third-order valence-corrected chi connectivity index (χ3v) is 4.45. The predicted octanol–water partition coefficient (Wildman–Crippen LogP) is 3.01. The minimum atomic E-state index is -4.58. The lowest BCUT2D eigenvalue weighted by atomic mass is 10.1. The molecule has 0 aromatic carbocycles. The predicted molar refractivity (Wildman–Crippen MR) is 94.4 cm³/mol. The fourth-order valence-electron chi connectivity index (χ4n) is 3.11. The highest BCUT2D eigenvalue weighted by Crippen LogP contribution is 2.37. The second-order valence-electron chi connectivity index (χ2n) is 6.58. The molecule has 0 aliphatic carbocycles. The third-order valence-electron chi connectivity index (χ3n) is 4.45. The first-order valence-electron chi connectivity index (χ1n) is 8.81. The SMILES string of the molecule is Cc1nc(-c2cc(-c3nc(NC4CCCNC4)ncc3C(F)(F)F)c[nH]2)no1. The van der Waals surface area contributed by atoms with Crippen LogP contribution in [0.5, 0.6) is 0 Å². The molecule has 8 nitrogen and oxygen atoms in total. The first kappa shape index (κ1) is 18.4. The van der Waals surface area contributed by atoms with Gasteiger partial charge in [-0.3, -0.25) is 0 Å². The molecule has 1 unspecified atom stereocenters. The Morgan fingerprint density at radius 1 is 1.29 bits per heavy atom. The van der Waals surface area contributed by atoms with Gasteiger partial charge in [0.25, 0.3) is 0 Å². The van der Waals surface area contributed by atoms with Crippen LogP contribution < -0.4 is 10.6 Å². The number of halogens is 3. The van der Waals surface area contributed by atoms with Crippen molar-refractivity contribution in [2.75, 3.05) is 18.4 Å². The number of H-pyrrole nitrogens is 1. The zero-order valence-corrected chi connectivity index (χ0v) is 15.0. The first-order chi connectivity index (χ1) is 13.4. The summed E-state index contributed by atoms with van der Waals surface area (Å²) in [6.45, 7) is 3.27. The van der Waals surface area contributed by atoms with Crippen molar-refractivity contribution >= 4 is 5.95 Å². The second kappa shape index (κ2) is 7.23. The van der Waals surface area contributed by atoms with Gasteiger partial charge in [0, 0.05) is 37.5 Å². The number of aromatic nitrogens is 5. The summed E-state index contributed by atoms with van der Waals surface area (Å²) in [5, 5.41) is 10.1. The summed E-state index contributed by atoms with van der Waals surface area (Å²) in [7, 11) is 0. The molecule has 1 aliphatic rings. The molecule has 1 saturated heterocycles. The van der Waals surface area contributed by atoms with Crippen LogP contribution in [-0.2, 0) is 6.18 Å². The summed E-state index contributed by atoms with van der Waals surface area (Å²) in [5.74, 6) is 0.782. The van der Waals surface area contributed by atoms with Gasteiger partial charge in [0.15, 0.2) is 0 Å². The molecular formula is C17H18F3N7O. The number of rotatable bonds is 4. The van der Waals surface area contributed by atoms with Crippen LogP contribution in [0.2, 0.25) is 0 Å². The molecule has 4 rings (SSSR count). The minimum Gasteiger partial charge on any atom is -0.358 e. The first-order valence-corrected chi connectivity index (χ1v) is 8.81. The second-order valence-corrected chi connectivity index (χ2v) is 6.58. The van der Waals surface area contributed by atoms with Gasteiger partial charge in [-0.25, -0.2) is 9.97 Å². The average molecular weight is 393 g/mol. The largest absolute Gasteiger partial charge is 0.419 e. The van der Waals surface area contributed by atoms with Gasteiger partial charge in [0.05, 0.1) is 11.4 Å². The van der Waals surface area contributed by atoms with Gasteiger partial charge < -0.3 is 20.1 Å². The van der Waals surface area contributed by atoms with Crippen LogP contribution in [0.4, 0.5) is 19.1 Å². The molecule has 0 radical (unpaired) electrons. The number of hydrogen-bond acceptors (Lipinski definition) is 7. The maximum absolute atomic E-state index is 13.5. The molecule has 0 bridgehead atoms. The van der Waals surface area contributed by atoms with Gasteiger partial charge >= 0.3 is 6.18 Å². The van der Waals surface area contributed by atoms with Crippen molar-refractivity contribution in [1.82, 2.24) is 30.4 Å². The Bertz CT molecular complexity index is 960. The topological polar surface area (TPSA) is 105 Å². The summed E-state index contributed by atoms with van der Waals surface area (Å²) >= 11 is 0. The van der Waals surface area contributed by atoms with E-state index in [9.17, 15) is 13.2 Å². The van der Waals surface area contributed by atoms with E-state index in [2.05, 4.69) is 35.7 Å². The molecule has 4 heterocycles. The minimum absolute atomic E-state index is 0.0717. The molecule has 0 saturated carbocycles. The third kappa shape index (κ3) is 3.84. The fourth-order valence-corrected chi connectivity index (χ4v) is 3.11. The van der Waals surface area contributed by atoms with Crippen molar-refractivity contribution in [2.45, 2.75) is 32.0 Å². The van der Waals surface area contributed by atoms with Gasteiger partial charge in [-0.05, 0) is 25.5 Å². The number of nitrogens with one attached hydrogen (secondary N) is 3.